The topological polar surface area (TPSA) is 9.86 Å². The highest BCUT2D eigenvalue weighted by Crippen LogP contribution is 2.57. The number of para-hydroxylation sites is 3. The number of hydrogen-bond acceptors (Lipinski definition) is 0. The van der Waals surface area contributed by atoms with Gasteiger partial charge in [-0.2, -0.15) is 0 Å². The van der Waals surface area contributed by atoms with Crippen LogP contribution in [-0.2, 0) is 10.8 Å². The first-order valence-electron chi connectivity index (χ1n) is 26.1. The molecule has 2 heterocycles. The SMILES string of the molecule is CC1(C)c2cc(-c3ccc(/C=C/c4ccc5c(c4)c4ccccc4n5-c4ccccc4)cc3)ccc2-c2cc3c(cc21)-c1ccc(-c2ccc4c(c2)c2ccccc2n4-c2ccc4ccccc4c2)cc1C3(C)C. The van der Waals surface area contributed by atoms with Gasteiger partial charge in [-0.15, -0.1) is 0 Å². The van der Waals surface area contributed by atoms with E-state index < -0.39 is 0 Å². The van der Waals surface area contributed by atoms with E-state index in [1.807, 2.05) is 0 Å². The van der Waals surface area contributed by atoms with Crippen molar-refractivity contribution < 1.29 is 0 Å². The molecule has 13 aromatic rings. The van der Waals surface area contributed by atoms with Crippen LogP contribution in [0.15, 0.2) is 231 Å². The lowest BCUT2D eigenvalue weighted by molar-refractivity contribution is 0.652. The molecule has 0 atom stereocenters. The fourth-order valence-corrected chi connectivity index (χ4v) is 13.0. The molecular formula is C72H52N2. The van der Waals surface area contributed by atoms with Crippen LogP contribution < -0.4 is 0 Å². The summed E-state index contributed by atoms with van der Waals surface area (Å²) in [6.45, 7) is 9.66. The van der Waals surface area contributed by atoms with Crippen LogP contribution in [0.4, 0.5) is 0 Å². The second-order valence-corrected chi connectivity index (χ2v) is 21.8. The molecule has 2 aliphatic carbocycles. The number of hydrogen-bond donors (Lipinski definition) is 0. The van der Waals surface area contributed by atoms with Crippen LogP contribution in [0.3, 0.4) is 0 Å². The van der Waals surface area contributed by atoms with Gasteiger partial charge in [-0.05, 0) is 174 Å². The van der Waals surface area contributed by atoms with Crippen molar-refractivity contribution in [3.05, 3.63) is 264 Å². The summed E-state index contributed by atoms with van der Waals surface area (Å²) in [5.74, 6) is 0. The van der Waals surface area contributed by atoms with E-state index in [-0.39, 0.29) is 10.8 Å². The van der Waals surface area contributed by atoms with Gasteiger partial charge in [-0.25, -0.2) is 0 Å². The Bertz CT molecular complexity index is 4520. The Morgan fingerprint density at radius 1 is 0.284 bits per heavy atom. The zero-order valence-corrected chi connectivity index (χ0v) is 42.0. The third-order valence-corrected chi connectivity index (χ3v) is 16.9. The molecule has 11 aromatic carbocycles. The summed E-state index contributed by atoms with van der Waals surface area (Å²) in [5, 5.41) is 7.58. The minimum Gasteiger partial charge on any atom is -0.309 e. The Kier molecular flexibility index (Phi) is 9.09. The van der Waals surface area contributed by atoms with Gasteiger partial charge >= 0.3 is 0 Å². The van der Waals surface area contributed by atoms with Crippen LogP contribution in [0.5, 0.6) is 0 Å². The maximum Gasteiger partial charge on any atom is 0.0541 e. The molecule has 0 fully saturated rings. The van der Waals surface area contributed by atoms with Crippen LogP contribution >= 0.6 is 0 Å². The first kappa shape index (κ1) is 42.7. The van der Waals surface area contributed by atoms with Crippen molar-refractivity contribution in [1.29, 1.82) is 0 Å². The van der Waals surface area contributed by atoms with Crippen molar-refractivity contribution in [2.75, 3.05) is 0 Å². The molecule has 0 bridgehead atoms. The van der Waals surface area contributed by atoms with Crippen molar-refractivity contribution in [2.45, 2.75) is 38.5 Å². The molecule has 2 heteroatoms. The molecule has 0 saturated heterocycles. The van der Waals surface area contributed by atoms with Gasteiger partial charge in [0, 0.05) is 43.7 Å². The molecule has 15 rings (SSSR count). The van der Waals surface area contributed by atoms with Gasteiger partial charge in [0.2, 0.25) is 0 Å². The van der Waals surface area contributed by atoms with E-state index in [4.69, 9.17) is 0 Å². The van der Waals surface area contributed by atoms with Crippen molar-refractivity contribution in [2.24, 2.45) is 0 Å². The Morgan fingerprint density at radius 3 is 1.41 bits per heavy atom. The molecule has 0 aliphatic heterocycles. The zero-order valence-electron chi connectivity index (χ0n) is 42.0. The zero-order chi connectivity index (χ0) is 49.5. The van der Waals surface area contributed by atoms with Crippen LogP contribution in [0.25, 0.3) is 122 Å². The average molecular weight is 945 g/mol. The summed E-state index contributed by atoms with van der Waals surface area (Å²) in [4.78, 5) is 0. The normalized spacial score (nSPS) is 14.1. The Hall–Kier alpha value is -8.98. The fourth-order valence-electron chi connectivity index (χ4n) is 13.0. The first-order valence-corrected chi connectivity index (χ1v) is 26.1. The van der Waals surface area contributed by atoms with Crippen molar-refractivity contribution in [3.63, 3.8) is 0 Å². The molecule has 0 saturated carbocycles. The fraction of sp³-hybridized carbons (Fsp3) is 0.0833. The van der Waals surface area contributed by atoms with Gasteiger partial charge in [0.25, 0.3) is 0 Å². The number of rotatable bonds is 6. The molecule has 350 valence electrons. The van der Waals surface area contributed by atoms with E-state index in [1.54, 1.807) is 0 Å². The second kappa shape index (κ2) is 15.8. The second-order valence-electron chi connectivity index (χ2n) is 21.8. The molecule has 0 spiro atoms. The molecule has 0 N–H and O–H groups in total. The standard InChI is InChI=1S/C72H52N2/c1-71(2)63-41-51(48-27-24-45(25-28-48)22-23-46-26-36-69-61(38-46)57-18-10-12-20-67(57)73(69)53-16-6-5-7-17-53)30-34-55(63)59-43-66-60(44-65(59)71)56-35-31-52(42-64(56)72(66,3)4)50-32-37-70-62(40-50)58-19-11-13-21-68(58)74(70)54-33-29-47-14-8-9-15-49(47)39-54/h5-44H,1-4H3/b23-22+. The van der Waals surface area contributed by atoms with E-state index in [0.29, 0.717) is 0 Å². The molecule has 2 aromatic heterocycles. The highest BCUT2D eigenvalue weighted by Gasteiger charge is 2.42. The first-order chi connectivity index (χ1) is 36.2. The van der Waals surface area contributed by atoms with E-state index >= 15 is 0 Å². The van der Waals surface area contributed by atoms with Crippen molar-refractivity contribution in [3.8, 4) is 55.9 Å². The number of aromatic nitrogens is 2. The number of benzene rings is 11. The number of nitrogens with zero attached hydrogens (tertiary/aromatic N) is 2. The lowest BCUT2D eigenvalue weighted by atomic mass is 9.79. The minimum absolute atomic E-state index is 0.152. The van der Waals surface area contributed by atoms with Crippen LogP contribution in [0.1, 0.15) is 61.1 Å². The minimum atomic E-state index is -0.162. The Labute approximate surface area is 431 Å². The van der Waals surface area contributed by atoms with Gasteiger partial charge in [-0.3, -0.25) is 0 Å². The summed E-state index contributed by atoms with van der Waals surface area (Å²) >= 11 is 0. The van der Waals surface area contributed by atoms with Gasteiger partial charge in [0.1, 0.15) is 0 Å². The monoisotopic (exact) mass is 944 g/mol. The maximum atomic E-state index is 2.53. The highest BCUT2D eigenvalue weighted by atomic mass is 15.0. The van der Waals surface area contributed by atoms with E-state index in [2.05, 4.69) is 280 Å². The summed E-state index contributed by atoms with van der Waals surface area (Å²) in [6.07, 6.45) is 4.47. The lowest BCUT2D eigenvalue weighted by Gasteiger charge is -2.24. The maximum absolute atomic E-state index is 2.53. The van der Waals surface area contributed by atoms with E-state index in [0.717, 1.165) is 0 Å². The predicted molar refractivity (Wildman–Crippen MR) is 314 cm³/mol. The van der Waals surface area contributed by atoms with Crippen molar-refractivity contribution in [1.82, 2.24) is 9.13 Å². The van der Waals surface area contributed by atoms with E-state index in [1.165, 1.54) is 144 Å². The average Bonchev–Trinajstić information content (AvgIpc) is 4.10. The molecule has 0 radical (unpaired) electrons. The van der Waals surface area contributed by atoms with Crippen LogP contribution in [0.2, 0.25) is 0 Å². The molecule has 2 nitrogen and oxygen atoms in total. The van der Waals surface area contributed by atoms with Gasteiger partial charge in [-0.1, -0.05) is 185 Å². The van der Waals surface area contributed by atoms with E-state index in [9.17, 15) is 0 Å². The van der Waals surface area contributed by atoms with Crippen molar-refractivity contribution >= 4 is 66.5 Å². The van der Waals surface area contributed by atoms with Gasteiger partial charge in [0.15, 0.2) is 0 Å². The highest BCUT2D eigenvalue weighted by molar-refractivity contribution is 6.12. The molecule has 74 heavy (non-hydrogen) atoms. The largest absolute Gasteiger partial charge is 0.309 e. The third kappa shape index (κ3) is 6.31. The lowest BCUT2D eigenvalue weighted by Crippen LogP contribution is -2.17. The smallest absolute Gasteiger partial charge is 0.0541 e. The van der Waals surface area contributed by atoms with Crippen LogP contribution in [-0.4, -0.2) is 9.13 Å². The molecule has 0 amide bonds. The Balaban J connectivity index is 0.717. The summed E-state index contributed by atoms with van der Waals surface area (Å²) in [7, 11) is 0. The van der Waals surface area contributed by atoms with Gasteiger partial charge in [0.05, 0.1) is 22.1 Å². The Morgan fingerprint density at radius 2 is 0.743 bits per heavy atom. The molecule has 0 unspecified atom stereocenters. The predicted octanol–water partition coefficient (Wildman–Crippen LogP) is 19.2. The summed E-state index contributed by atoms with van der Waals surface area (Å²) in [6, 6.07) is 86.0. The summed E-state index contributed by atoms with van der Waals surface area (Å²) in [5.41, 5.74) is 25.3. The van der Waals surface area contributed by atoms with Crippen LogP contribution in [0, 0.1) is 0 Å². The van der Waals surface area contributed by atoms with Gasteiger partial charge < -0.3 is 9.13 Å². The summed E-state index contributed by atoms with van der Waals surface area (Å²) < 4.78 is 4.79. The molecular weight excluding hydrogens is 893 g/mol. The molecule has 2 aliphatic rings. The number of fused-ring (bicyclic) bond motifs is 13. The third-order valence-electron chi connectivity index (χ3n) is 16.9. The quantitative estimate of drug-likeness (QED) is 0.147.